The number of hydrogen-bond acceptors (Lipinski definition) is 7. The van der Waals surface area contributed by atoms with Gasteiger partial charge in [-0.15, -0.1) is 0 Å². The first-order chi connectivity index (χ1) is 26.9. The number of phenolic OH excluding ortho intramolecular Hbond substituents is 1. The molecule has 0 aromatic heterocycles. The van der Waals surface area contributed by atoms with Gasteiger partial charge in [0.2, 0.25) is 11.8 Å². The number of carbonyl (C=O) groups excluding carboxylic acids is 2. The van der Waals surface area contributed by atoms with E-state index in [1.165, 1.54) is 28.7 Å². The SMILES string of the molecule is CCC/C(=C\c1ccc(O)cc1)CC[C@H]1OC[C@H]2C1=C(CO[Si](c1ccccc1)(c1ccccc1)C(C)(C)C)C[C@H]1C(=O)N(c3cccc([N+](=O)[O-])c3)C(=O)[C@H]12. The normalized spacial score (nSPS) is 21.4. The number of allylic oxidation sites excluding steroid dienone is 1. The Morgan fingerprint density at radius 2 is 1.57 bits per heavy atom. The van der Waals surface area contributed by atoms with Crippen molar-refractivity contribution in [2.45, 2.75) is 70.9 Å². The molecule has 2 saturated heterocycles. The fourth-order valence-electron chi connectivity index (χ4n) is 9.28. The molecule has 2 heterocycles. The molecule has 9 nitrogen and oxygen atoms in total. The maximum absolute atomic E-state index is 14.4. The number of hydrogen-bond donors (Lipinski definition) is 1. The highest BCUT2D eigenvalue weighted by Gasteiger charge is 2.58. The predicted molar refractivity (Wildman–Crippen MR) is 221 cm³/mol. The van der Waals surface area contributed by atoms with E-state index in [1.807, 2.05) is 24.3 Å². The van der Waals surface area contributed by atoms with E-state index >= 15 is 0 Å². The monoisotopic (exact) mass is 770 g/mol. The van der Waals surface area contributed by atoms with Crippen LogP contribution in [0, 0.1) is 27.9 Å². The Balaban J connectivity index is 1.28. The number of carbonyl (C=O) groups is 2. The van der Waals surface area contributed by atoms with Crippen LogP contribution in [0.2, 0.25) is 5.04 Å². The molecular weight excluding hydrogens is 721 g/mol. The number of rotatable bonds is 13. The third-order valence-electron chi connectivity index (χ3n) is 11.7. The summed E-state index contributed by atoms with van der Waals surface area (Å²) in [4.78, 5) is 41.1. The van der Waals surface area contributed by atoms with Crippen molar-refractivity contribution in [3.8, 4) is 5.75 Å². The van der Waals surface area contributed by atoms with Crippen molar-refractivity contribution in [3.05, 3.63) is 142 Å². The lowest BCUT2D eigenvalue weighted by atomic mass is 9.69. The predicted octanol–water partition coefficient (Wildman–Crippen LogP) is 8.36. The van der Waals surface area contributed by atoms with Crippen LogP contribution in [0.1, 0.15) is 65.4 Å². The zero-order valence-electron chi connectivity index (χ0n) is 32.5. The number of fused-ring (bicyclic) bond motifs is 3. The Bertz CT molecular complexity index is 2100. The average Bonchev–Trinajstić information content (AvgIpc) is 3.72. The second-order valence-corrected chi connectivity index (χ2v) is 20.6. The van der Waals surface area contributed by atoms with Gasteiger partial charge in [-0.2, -0.15) is 0 Å². The van der Waals surface area contributed by atoms with Gasteiger partial charge in [-0.3, -0.25) is 19.7 Å². The smallest absolute Gasteiger partial charge is 0.271 e. The number of non-ortho nitro benzene ring substituents is 1. The fraction of sp³-hybridized carbons (Fsp3) is 0.348. The minimum atomic E-state index is -2.97. The van der Waals surface area contributed by atoms with Gasteiger partial charge in [-0.05, 0) is 76.0 Å². The maximum Gasteiger partial charge on any atom is 0.271 e. The molecule has 2 amide bonds. The van der Waals surface area contributed by atoms with E-state index in [0.717, 1.165) is 46.3 Å². The van der Waals surface area contributed by atoms with E-state index in [1.54, 1.807) is 18.2 Å². The molecule has 1 N–H and O–H groups in total. The van der Waals surface area contributed by atoms with E-state index in [9.17, 15) is 24.8 Å². The van der Waals surface area contributed by atoms with Gasteiger partial charge >= 0.3 is 0 Å². The van der Waals surface area contributed by atoms with Gasteiger partial charge in [0.25, 0.3) is 14.0 Å². The third kappa shape index (κ3) is 7.41. The van der Waals surface area contributed by atoms with Crippen LogP contribution in [0.25, 0.3) is 6.08 Å². The molecule has 1 aliphatic carbocycles. The molecule has 3 aliphatic rings. The van der Waals surface area contributed by atoms with Crippen LogP contribution >= 0.6 is 0 Å². The summed E-state index contributed by atoms with van der Waals surface area (Å²) in [6.07, 6.45) is 5.63. The lowest BCUT2D eigenvalue weighted by Crippen LogP contribution is -2.66. The molecule has 10 heteroatoms. The summed E-state index contributed by atoms with van der Waals surface area (Å²) in [7, 11) is -2.97. The quantitative estimate of drug-likeness (QED) is 0.0477. The molecular formula is C46H50N2O7Si. The minimum Gasteiger partial charge on any atom is -0.508 e. The van der Waals surface area contributed by atoms with Crippen LogP contribution in [0.15, 0.2) is 126 Å². The largest absolute Gasteiger partial charge is 0.508 e. The van der Waals surface area contributed by atoms with Crippen molar-refractivity contribution >= 4 is 48.0 Å². The Morgan fingerprint density at radius 3 is 2.18 bits per heavy atom. The van der Waals surface area contributed by atoms with Crippen LogP contribution in [0.5, 0.6) is 5.75 Å². The number of imide groups is 1. The zero-order chi connectivity index (χ0) is 39.6. The van der Waals surface area contributed by atoms with Crippen molar-refractivity contribution in [1.29, 1.82) is 0 Å². The van der Waals surface area contributed by atoms with Crippen molar-refractivity contribution < 1.29 is 28.8 Å². The van der Waals surface area contributed by atoms with Crippen molar-refractivity contribution in [1.82, 2.24) is 0 Å². The van der Waals surface area contributed by atoms with Gasteiger partial charge in [0, 0.05) is 18.1 Å². The van der Waals surface area contributed by atoms with Crippen LogP contribution in [-0.2, 0) is 18.8 Å². The summed E-state index contributed by atoms with van der Waals surface area (Å²) in [5.74, 6) is -2.05. The van der Waals surface area contributed by atoms with Crippen LogP contribution < -0.4 is 15.3 Å². The second-order valence-electron chi connectivity index (χ2n) is 16.2. The molecule has 0 radical (unpaired) electrons. The summed E-state index contributed by atoms with van der Waals surface area (Å²) in [6.45, 7) is 9.47. The van der Waals surface area contributed by atoms with Gasteiger partial charge < -0.3 is 14.3 Å². The summed E-state index contributed by atoms with van der Waals surface area (Å²) < 4.78 is 14.1. The summed E-state index contributed by atoms with van der Waals surface area (Å²) >= 11 is 0. The van der Waals surface area contributed by atoms with Crippen molar-refractivity contribution in [2.75, 3.05) is 18.1 Å². The van der Waals surface area contributed by atoms with Gasteiger partial charge in [-0.1, -0.05) is 125 Å². The van der Waals surface area contributed by atoms with E-state index in [4.69, 9.17) is 9.16 Å². The molecule has 4 atom stereocenters. The number of nitro benzene ring substituents is 1. The molecule has 0 saturated carbocycles. The number of aromatic hydroxyl groups is 1. The highest BCUT2D eigenvalue weighted by atomic mass is 28.4. The molecule has 0 unspecified atom stereocenters. The Hall–Kier alpha value is -5.16. The van der Waals surface area contributed by atoms with Gasteiger partial charge in [0.1, 0.15) is 5.75 Å². The van der Waals surface area contributed by atoms with Gasteiger partial charge in [-0.25, -0.2) is 4.90 Å². The summed E-state index contributed by atoms with van der Waals surface area (Å²) in [6, 6.07) is 33.9. The average molecular weight is 771 g/mol. The molecule has 0 bridgehead atoms. The third-order valence-corrected chi connectivity index (χ3v) is 16.7. The number of anilines is 1. The Morgan fingerprint density at radius 1 is 0.911 bits per heavy atom. The molecule has 290 valence electrons. The van der Waals surface area contributed by atoms with Gasteiger partial charge in [0.05, 0.1) is 41.8 Å². The highest BCUT2D eigenvalue weighted by molar-refractivity contribution is 6.99. The highest BCUT2D eigenvalue weighted by Crippen LogP contribution is 2.51. The lowest BCUT2D eigenvalue weighted by Gasteiger charge is -2.44. The van der Waals surface area contributed by atoms with Crippen LogP contribution in [-0.4, -0.2) is 49.5 Å². The molecule has 4 aromatic rings. The number of nitro groups is 1. The molecule has 56 heavy (non-hydrogen) atoms. The molecule has 0 spiro atoms. The fourth-order valence-corrected chi connectivity index (χ4v) is 13.8. The molecule has 4 aromatic carbocycles. The van der Waals surface area contributed by atoms with E-state index in [0.29, 0.717) is 19.4 Å². The maximum atomic E-state index is 14.4. The Kier molecular flexibility index (Phi) is 11.3. The van der Waals surface area contributed by atoms with Crippen LogP contribution in [0.4, 0.5) is 11.4 Å². The number of benzene rings is 4. The summed E-state index contributed by atoms with van der Waals surface area (Å²) in [5, 5.41) is 23.5. The topological polar surface area (TPSA) is 119 Å². The zero-order valence-corrected chi connectivity index (χ0v) is 33.5. The second kappa shape index (κ2) is 16.1. The van der Waals surface area contributed by atoms with Gasteiger partial charge in [0.15, 0.2) is 0 Å². The number of ether oxygens (including phenoxy) is 1. The number of phenols is 1. The van der Waals surface area contributed by atoms with E-state index in [-0.39, 0.29) is 52.6 Å². The standard InChI is InChI=1S/C46H50N2O7Si/c1-5-13-31(26-32-20-23-36(49)24-21-32)22-25-41-42-33(29-55-56(46(2,3)4,37-16-8-6-9-17-37)38-18-10-7-11-19-38)27-39-43(40(42)30-54-41)45(51)47(44(39)50)34-14-12-15-35(28-34)48(52)53/h6-12,14-21,23-24,26,28,39-41,43,49H,5,13,22,25,27,29-30H2,1-4H3/b31-26+/t39-,40+,41-,43-/m1/s1. The van der Waals surface area contributed by atoms with E-state index in [2.05, 4.69) is 82.3 Å². The molecule has 2 fully saturated rings. The van der Waals surface area contributed by atoms with Crippen molar-refractivity contribution in [3.63, 3.8) is 0 Å². The number of amides is 2. The molecule has 7 rings (SSSR count). The van der Waals surface area contributed by atoms with E-state index < -0.39 is 25.1 Å². The minimum absolute atomic E-state index is 0.177. The Labute approximate surface area is 329 Å². The number of nitrogens with zero attached hydrogens (tertiary/aromatic N) is 2. The first kappa shape index (κ1) is 39.1. The first-order valence-electron chi connectivity index (χ1n) is 19.6. The van der Waals surface area contributed by atoms with Crippen LogP contribution in [0.3, 0.4) is 0 Å². The lowest BCUT2D eigenvalue weighted by molar-refractivity contribution is -0.384. The molecule has 2 aliphatic heterocycles. The summed E-state index contributed by atoms with van der Waals surface area (Å²) in [5.41, 5.74) is 4.40. The van der Waals surface area contributed by atoms with Crippen molar-refractivity contribution in [2.24, 2.45) is 17.8 Å². The first-order valence-corrected chi connectivity index (χ1v) is 21.5.